The monoisotopic (exact) mass is 994 g/mol. The first kappa shape index (κ1) is 52.8. The van der Waals surface area contributed by atoms with Crippen molar-refractivity contribution >= 4 is 52.3 Å². The molecule has 6 rings (SSSR count). The fourth-order valence-corrected chi connectivity index (χ4v) is 8.40. The van der Waals surface area contributed by atoms with Gasteiger partial charge in [-0.15, -0.1) is 0 Å². The van der Waals surface area contributed by atoms with E-state index in [1.807, 2.05) is 24.3 Å². The SMILES string of the molecule is CC(C)(C)[C@H](NC(=O)COCCCOCCCCOc1ccc(N2C(=S)N(c3cnc(C#N)c(C(F)(F)F)c3)C(=O)C2(C)C)cc1F)C(=O)N1C[C@H](O)C[C@H]1C(=O)NCc1ccc(-c2cnco2)cc1. The molecule has 4 heterocycles. The van der Waals surface area contributed by atoms with Crippen LogP contribution in [-0.4, -0.2) is 112 Å². The number of β-amino-alcohol motifs (C(OH)–C–C–N with tert-alkyl or cyclic N) is 1. The molecule has 0 saturated carbocycles. The summed E-state index contributed by atoms with van der Waals surface area (Å²) in [5.41, 5.74) is -2.85. The minimum Gasteiger partial charge on any atom is -0.491 e. The number of unbranched alkanes of at least 4 members (excludes halogenated alkanes) is 1. The molecule has 4 aromatic rings. The van der Waals surface area contributed by atoms with Crippen LogP contribution in [0.2, 0.25) is 0 Å². The van der Waals surface area contributed by atoms with Crippen LogP contribution >= 0.6 is 12.2 Å². The number of alkyl halides is 3. The molecule has 0 bridgehead atoms. The molecule has 2 aliphatic rings. The number of thiocarbonyl (C=S) groups is 1. The molecule has 2 fully saturated rings. The van der Waals surface area contributed by atoms with Crippen LogP contribution in [-0.2, 0) is 41.4 Å². The largest absolute Gasteiger partial charge is 0.491 e. The maximum Gasteiger partial charge on any atom is 0.419 e. The first-order valence-electron chi connectivity index (χ1n) is 22.4. The van der Waals surface area contributed by atoms with E-state index in [0.29, 0.717) is 44.3 Å². The Morgan fingerprint density at radius 3 is 2.36 bits per heavy atom. The lowest BCUT2D eigenvalue weighted by Gasteiger charge is -2.35. The number of halogens is 4. The number of aromatic nitrogens is 2. The van der Waals surface area contributed by atoms with Gasteiger partial charge in [0, 0.05) is 56.6 Å². The number of pyridine rings is 1. The van der Waals surface area contributed by atoms with E-state index in [1.165, 1.54) is 48.2 Å². The minimum absolute atomic E-state index is 0.0512. The highest BCUT2D eigenvalue weighted by Crippen LogP contribution is 2.40. The Kier molecular flexibility index (Phi) is 17.0. The van der Waals surface area contributed by atoms with E-state index in [4.69, 9.17) is 36.1 Å². The predicted molar refractivity (Wildman–Crippen MR) is 249 cm³/mol. The zero-order valence-electron chi connectivity index (χ0n) is 39.2. The third kappa shape index (κ3) is 12.6. The van der Waals surface area contributed by atoms with Crippen LogP contribution in [0.4, 0.5) is 28.9 Å². The van der Waals surface area contributed by atoms with Gasteiger partial charge in [-0.25, -0.2) is 14.4 Å². The van der Waals surface area contributed by atoms with Gasteiger partial charge in [-0.1, -0.05) is 45.0 Å². The number of carbonyl (C=O) groups is 4. The lowest BCUT2D eigenvalue weighted by molar-refractivity contribution is -0.144. The van der Waals surface area contributed by atoms with Crippen LogP contribution < -0.4 is 25.2 Å². The summed E-state index contributed by atoms with van der Waals surface area (Å²) in [6.45, 7) is 9.20. The van der Waals surface area contributed by atoms with Crippen molar-refractivity contribution in [2.75, 3.05) is 49.4 Å². The number of carbonyl (C=O) groups excluding carboxylic acids is 4. The number of nitriles is 1. The molecule has 374 valence electrons. The summed E-state index contributed by atoms with van der Waals surface area (Å²) < 4.78 is 78.4. The minimum atomic E-state index is -4.92. The summed E-state index contributed by atoms with van der Waals surface area (Å²) in [6.07, 6.45) is -0.336. The zero-order chi connectivity index (χ0) is 51.0. The number of hydrogen-bond acceptors (Lipinski definition) is 13. The summed E-state index contributed by atoms with van der Waals surface area (Å²) in [5.74, 6) is -2.34. The van der Waals surface area contributed by atoms with Gasteiger partial charge in [0.1, 0.15) is 30.3 Å². The molecule has 0 aliphatic carbocycles. The summed E-state index contributed by atoms with van der Waals surface area (Å²) in [4.78, 5) is 64.7. The van der Waals surface area contributed by atoms with Crippen molar-refractivity contribution in [1.82, 2.24) is 25.5 Å². The van der Waals surface area contributed by atoms with Gasteiger partial charge in [0.25, 0.3) is 5.91 Å². The van der Waals surface area contributed by atoms with Gasteiger partial charge >= 0.3 is 6.18 Å². The number of aliphatic hydroxyl groups excluding tert-OH is 1. The van der Waals surface area contributed by atoms with E-state index in [-0.39, 0.29) is 61.6 Å². The normalized spacial score (nSPS) is 17.4. The smallest absolute Gasteiger partial charge is 0.419 e. The first-order chi connectivity index (χ1) is 33.1. The quantitative estimate of drug-likeness (QED) is 0.0521. The number of oxazole rings is 1. The van der Waals surface area contributed by atoms with E-state index >= 15 is 4.39 Å². The molecule has 2 aliphatic heterocycles. The number of ether oxygens (including phenoxy) is 3. The Hall–Kier alpha value is -6.54. The highest BCUT2D eigenvalue weighted by atomic mass is 32.1. The van der Waals surface area contributed by atoms with Gasteiger partial charge in [-0.05, 0) is 74.5 Å². The number of nitrogens with zero attached hydrogens (tertiary/aromatic N) is 6. The van der Waals surface area contributed by atoms with Crippen molar-refractivity contribution in [3.05, 3.63) is 90.0 Å². The molecule has 17 nitrogen and oxygen atoms in total. The average molecular weight is 995 g/mol. The van der Waals surface area contributed by atoms with E-state index in [1.54, 1.807) is 27.0 Å². The van der Waals surface area contributed by atoms with Crippen molar-refractivity contribution in [2.45, 2.75) is 96.7 Å². The van der Waals surface area contributed by atoms with Crippen molar-refractivity contribution in [1.29, 1.82) is 5.26 Å². The second kappa shape index (κ2) is 22.5. The number of anilines is 2. The Balaban J connectivity index is 0.878. The molecule has 2 aromatic carbocycles. The summed E-state index contributed by atoms with van der Waals surface area (Å²) in [6, 6.07) is 11.4. The number of hydrogen-bond donors (Lipinski definition) is 3. The molecule has 22 heteroatoms. The van der Waals surface area contributed by atoms with Crippen molar-refractivity contribution in [2.24, 2.45) is 5.41 Å². The molecule has 4 amide bonds. The molecule has 3 N–H and O–H groups in total. The predicted octanol–water partition coefficient (Wildman–Crippen LogP) is 6.07. The summed E-state index contributed by atoms with van der Waals surface area (Å²) in [7, 11) is 0. The van der Waals surface area contributed by atoms with Gasteiger partial charge in [0.05, 0.1) is 36.4 Å². The topological polar surface area (TPSA) is 213 Å². The second-order valence-corrected chi connectivity index (χ2v) is 18.6. The number of aliphatic hydroxyl groups is 1. The lowest BCUT2D eigenvalue weighted by Crippen LogP contribution is -2.58. The maximum absolute atomic E-state index is 15.3. The molecule has 70 heavy (non-hydrogen) atoms. The third-order valence-electron chi connectivity index (χ3n) is 11.6. The molecule has 0 unspecified atom stereocenters. The standard InChI is InChI=1S/C48H54F4N8O9S/c1-46(2,3)41(43(64)58-26-33(61)21-37(58)42(63)56-23-29-9-11-30(12-10-29)39-25-54-28-69-39)57-40(62)27-67-17-8-16-66-15-6-7-18-68-38-14-13-31(20-35(38)49)60-45(70)59(44(65)47(60,4)5)32-19-34(48(50,51)52)36(22-53)55-24-32/h9-14,19-20,24-25,28,33,37,41,61H,6-8,15-18,21,23,26-27H2,1-5H3,(H,56,63)(H,57,62)/t33-,37+,41-/m1/s1. The lowest BCUT2D eigenvalue weighted by atomic mass is 9.85. The molecular formula is C48H54F4N8O9S. The Morgan fingerprint density at radius 1 is 1.00 bits per heavy atom. The number of amides is 4. The van der Waals surface area contributed by atoms with Crippen LogP contribution in [0, 0.1) is 22.6 Å². The fourth-order valence-electron chi connectivity index (χ4n) is 7.88. The Labute approximate surface area is 407 Å². The van der Waals surface area contributed by atoms with Gasteiger partial charge in [-0.2, -0.15) is 18.4 Å². The fraction of sp³-hybridized carbons (Fsp3) is 0.458. The van der Waals surface area contributed by atoms with Crippen molar-refractivity contribution in [3.8, 4) is 23.1 Å². The highest BCUT2D eigenvalue weighted by molar-refractivity contribution is 7.81. The van der Waals surface area contributed by atoms with Gasteiger partial charge in [0.2, 0.25) is 17.7 Å². The van der Waals surface area contributed by atoms with Gasteiger partial charge in [-0.3, -0.25) is 24.1 Å². The summed E-state index contributed by atoms with van der Waals surface area (Å²) in [5, 5.41) is 25.0. The van der Waals surface area contributed by atoms with E-state index in [2.05, 4.69) is 20.6 Å². The van der Waals surface area contributed by atoms with Gasteiger partial charge < -0.3 is 44.2 Å². The number of nitrogens with one attached hydrogen (secondary N) is 2. The van der Waals surface area contributed by atoms with E-state index in [9.17, 15) is 37.5 Å². The number of rotatable bonds is 20. The Bertz CT molecular complexity index is 2570. The van der Waals surface area contributed by atoms with Crippen molar-refractivity contribution < 1.29 is 60.5 Å². The number of benzene rings is 2. The van der Waals surface area contributed by atoms with E-state index < -0.39 is 76.0 Å². The highest BCUT2D eigenvalue weighted by Gasteiger charge is 2.51. The summed E-state index contributed by atoms with van der Waals surface area (Å²) >= 11 is 5.51. The van der Waals surface area contributed by atoms with Gasteiger partial charge in [0.15, 0.2) is 34.5 Å². The first-order valence-corrected chi connectivity index (χ1v) is 22.8. The molecule has 0 radical (unpaired) electrons. The molecule has 2 saturated heterocycles. The molecule has 2 aromatic heterocycles. The average Bonchev–Trinajstić information content (AvgIpc) is 4.03. The van der Waals surface area contributed by atoms with Crippen LogP contribution in [0.25, 0.3) is 11.3 Å². The van der Waals surface area contributed by atoms with Crippen LogP contribution in [0.3, 0.4) is 0 Å². The number of likely N-dealkylation sites (tertiary alicyclic amines) is 1. The molecule has 3 atom stereocenters. The van der Waals surface area contributed by atoms with Crippen molar-refractivity contribution in [3.63, 3.8) is 0 Å². The molecule has 0 spiro atoms. The van der Waals surface area contributed by atoms with E-state index in [0.717, 1.165) is 28.3 Å². The van der Waals surface area contributed by atoms with Crippen LogP contribution in [0.5, 0.6) is 5.75 Å². The molecular weight excluding hydrogens is 941 g/mol. The zero-order valence-corrected chi connectivity index (χ0v) is 40.0. The van der Waals surface area contributed by atoms with Crippen LogP contribution in [0.15, 0.2) is 71.7 Å². The Morgan fingerprint density at radius 2 is 1.70 bits per heavy atom. The third-order valence-corrected chi connectivity index (χ3v) is 11.9. The second-order valence-electron chi connectivity index (χ2n) is 18.2. The van der Waals surface area contributed by atoms with Crippen LogP contribution in [0.1, 0.15) is 77.1 Å². The maximum atomic E-state index is 15.3.